The lowest BCUT2D eigenvalue weighted by Gasteiger charge is -2.21. The van der Waals surface area contributed by atoms with Gasteiger partial charge in [-0.1, -0.05) is 6.07 Å². The fourth-order valence-electron chi connectivity index (χ4n) is 1.97. The van der Waals surface area contributed by atoms with E-state index in [9.17, 15) is 4.79 Å². The molecule has 0 aliphatic heterocycles. The third kappa shape index (κ3) is 5.34. The van der Waals surface area contributed by atoms with Gasteiger partial charge in [0.1, 0.15) is 5.75 Å². The van der Waals surface area contributed by atoms with Crippen molar-refractivity contribution >= 4 is 11.6 Å². The van der Waals surface area contributed by atoms with Crippen molar-refractivity contribution < 1.29 is 9.53 Å². The van der Waals surface area contributed by atoms with Crippen LogP contribution in [0.1, 0.15) is 18.4 Å². The molecule has 6 nitrogen and oxygen atoms in total. The van der Waals surface area contributed by atoms with Crippen molar-refractivity contribution in [3.63, 3.8) is 0 Å². The highest BCUT2D eigenvalue weighted by molar-refractivity contribution is 5.81. The second-order valence-electron chi connectivity index (χ2n) is 4.75. The van der Waals surface area contributed by atoms with E-state index >= 15 is 0 Å². The Labute approximate surface area is 130 Å². The van der Waals surface area contributed by atoms with Crippen molar-refractivity contribution in [3.8, 4) is 17.9 Å². The molecule has 6 heteroatoms. The number of hydrogen-bond acceptors (Lipinski definition) is 5. The molecule has 0 fully saturated rings. The van der Waals surface area contributed by atoms with E-state index in [2.05, 4.69) is 5.32 Å². The molecule has 0 spiro atoms. The Bertz CT molecular complexity index is 569. The average Bonchev–Trinajstić information content (AvgIpc) is 2.53. The van der Waals surface area contributed by atoms with Crippen molar-refractivity contribution in [2.45, 2.75) is 19.8 Å². The Hall–Kier alpha value is -2.73. The first-order chi connectivity index (χ1) is 10.6. The smallest absolute Gasteiger partial charge is 0.241 e. The van der Waals surface area contributed by atoms with Crippen molar-refractivity contribution in [2.75, 3.05) is 32.1 Å². The molecule has 116 valence electrons. The molecule has 0 saturated heterocycles. The van der Waals surface area contributed by atoms with Gasteiger partial charge in [-0.2, -0.15) is 10.5 Å². The molecule has 0 bridgehead atoms. The fraction of sp³-hybridized carbons (Fsp3) is 0.438. The summed E-state index contributed by atoms with van der Waals surface area (Å²) in [7, 11) is 1.57. The molecule has 0 unspecified atom stereocenters. The zero-order valence-electron chi connectivity index (χ0n) is 12.9. The lowest BCUT2D eigenvalue weighted by Crippen LogP contribution is -2.37. The van der Waals surface area contributed by atoms with Gasteiger partial charge in [0.2, 0.25) is 5.91 Å². The minimum absolute atomic E-state index is 0.0939. The summed E-state index contributed by atoms with van der Waals surface area (Å²) in [5.41, 5.74) is 1.80. The number of aryl methyl sites for hydroxylation is 1. The summed E-state index contributed by atoms with van der Waals surface area (Å²) in [6.45, 7) is 2.72. The molecule has 1 amide bonds. The van der Waals surface area contributed by atoms with E-state index in [-0.39, 0.29) is 25.3 Å². The molecule has 0 aliphatic carbocycles. The predicted molar refractivity (Wildman–Crippen MR) is 83.3 cm³/mol. The fourth-order valence-corrected chi connectivity index (χ4v) is 1.97. The van der Waals surface area contributed by atoms with Crippen LogP contribution in [0.5, 0.6) is 5.75 Å². The molecule has 0 heterocycles. The van der Waals surface area contributed by atoms with E-state index in [1.165, 1.54) is 4.90 Å². The van der Waals surface area contributed by atoms with Crippen LogP contribution in [-0.4, -0.2) is 37.6 Å². The van der Waals surface area contributed by atoms with E-state index in [0.717, 1.165) is 11.3 Å². The van der Waals surface area contributed by atoms with Crippen LogP contribution in [-0.2, 0) is 4.79 Å². The lowest BCUT2D eigenvalue weighted by molar-refractivity contribution is -0.129. The molecule has 1 aromatic carbocycles. The topological polar surface area (TPSA) is 89.2 Å². The van der Waals surface area contributed by atoms with Crippen molar-refractivity contribution in [1.29, 1.82) is 10.5 Å². The van der Waals surface area contributed by atoms with Crippen LogP contribution >= 0.6 is 0 Å². The maximum Gasteiger partial charge on any atom is 0.241 e. The Morgan fingerprint density at radius 1 is 1.27 bits per heavy atom. The summed E-state index contributed by atoms with van der Waals surface area (Å²) in [5.74, 6) is 0.521. The first kappa shape index (κ1) is 17.3. The molecule has 0 aliphatic rings. The summed E-state index contributed by atoms with van der Waals surface area (Å²) in [4.78, 5) is 13.7. The van der Waals surface area contributed by atoms with Gasteiger partial charge in [-0.3, -0.25) is 4.79 Å². The number of nitriles is 2. The van der Waals surface area contributed by atoms with Gasteiger partial charge in [0.15, 0.2) is 0 Å². The first-order valence-corrected chi connectivity index (χ1v) is 7.02. The monoisotopic (exact) mass is 300 g/mol. The molecule has 0 radical (unpaired) electrons. The zero-order chi connectivity index (χ0) is 16.4. The number of nitrogens with zero attached hydrogens (tertiary/aromatic N) is 3. The van der Waals surface area contributed by atoms with Crippen LogP contribution in [0.4, 0.5) is 5.69 Å². The van der Waals surface area contributed by atoms with Crippen molar-refractivity contribution in [2.24, 2.45) is 0 Å². The quantitative estimate of drug-likeness (QED) is 0.794. The number of anilines is 1. The number of carbonyl (C=O) groups is 1. The molecule has 0 saturated carbocycles. The summed E-state index contributed by atoms with van der Waals surface area (Å²) in [5, 5.41) is 20.3. The van der Waals surface area contributed by atoms with E-state index in [1.54, 1.807) is 7.11 Å². The third-order valence-electron chi connectivity index (χ3n) is 3.12. The van der Waals surface area contributed by atoms with E-state index < -0.39 is 0 Å². The summed E-state index contributed by atoms with van der Waals surface area (Å²) in [6, 6.07) is 9.69. The van der Waals surface area contributed by atoms with Gasteiger partial charge in [-0.05, 0) is 24.6 Å². The van der Waals surface area contributed by atoms with Crippen LogP contribution in [0.2, 0.25) is 0 Å². The van der Waals surface area contributed by atoms with Crippen LogP contribution < -0.4 is 10.1 Å². The molecule has 0 aromatic heterocycles. The van der Waals surface area contributed by atoms with Crippen LogP contribution in [0.25, 0.3) is 0 Å². The number of carbonyl (C=O) groups excluding carboxylic acids is 1. The Morgan fingerprint density at radius 2 is 1.91 bits per heavy atom. The van der Waals surface area contributed by atoms with E-state index in [4.69, 9.17) is 15.3 Å². The highest BCUT2D eigenvalue weighted by atomic mass is 16.5. The molecular formula is C16H20N4O2. The van der Waals surface area contributed by atoms with Gasteiger partial charge in [-0.25, -0.2) is 0 Å². The van der Waals surface area contributed by atoms with Gasteiger partial charge >= 0.3 is 0 Å². The van der Waals surface area contributed by atoms with Gasteiger partial charge in [0.05, 0.1) is 44.3 Å². The largest absolute Gasteiger partial charge is 0.495 e. The van der Waals surface area contributed by atoms with Gasteiger partial charge in [-0.15, -0.1) is 0 Å². The number of methoxy groups -OCH3 is 1. The number of benzene rings is 1. The maximum atomic E-state index is 12.2. The van der Waals surface area contributed by atoms with Gasteiger partial charge in [0.25, 0.3) is 0 Å². The van der Waals surface area contributed by atoms with Crippen molar-refractivity contribution in [3.05, 3.63) is 23.8 Å². The third-order valence-corrected chi connectivity index (χ3v) is 3.12. The highest BCUT2D eigenvalue weighted by Gasteiger charge is 2.13. The molecule has 22 heavy (non-hydrogen) atoms. The lowest BCUT2D eigenvalue weighted by atomic mass is 10.2. The molecule has 1 rings (SSSR count). The minimum atomic E-state index is -0.144. The normalized spacial score (nSPS) is 9.45. The highest BCUT2D eigenvalue weighted by Crippen LogP contribution is 2.24. The predicted octanol–water partition coefficient (Wildman–Crippen LogP) is 2.07. The van der Waals surface area contributed by atoms with Crippen LogP contribution in [0.3, 0.4) is 0 Å². The first-order valence-electron chi connectivity index (χ1n) is 7.02. The van der Waals surface area contributed by atoms with E-state index in [0.29, 0.717) is 18.8 Å². The number of amides is 1. The average molecular weight is 300 g/mol. The Kier molecular flexibility index (Phi) is 7.28. The van der Waals surface area contributed by atoms with E-state index in [1.807, 2.05) is 37.3 Å². The Balaban J connectivity index is 2.68. The number of rotatable bonds is 8. The Morgan fingerprint density at radius 3 is 2.45 bits per heavy atom. The summed E-state index contributed by atoms with van der Waals surface area (Å²) < 4.78 is 5.25. The summed E-state index contributed by atoms with van der Waals surface area (Å²) in [6.07, 6.45) is 0.510. The second-order valence-corrected chi connectivity index (χ2v) is 4.75. The molecule has 1 N–H and O–H groups in total. The minimum Gasteiger partial charge on any atom is -0.495 e. The molecule has 1 aromatic rings. The number of hydrogen-bond donors (Lipinski definition) is 1. The van der Waals surface area contributed by atoms with Crippen LogP contribution in [0.15, 0.2) is 18.2 Å². The van der Waals surface area contributed by atoms with Crippen LogP contribution in [0, 0.1) is 29.6 Å². The number of ether oxygens (including phenoxy) is 1. The number of nitrogens with one attached hydrogen (secondary N) is 1. The van der Waals surface area contributed by atoms with Gasteiger partial charge in [0, 0.05) is 13.1 Å². The standard InChI is InChI=1S/C16H20N4O2/c1-13-5-6-15(22-2)14(11-13)19-12-16(21)20(9-3-7-17)10-4-8-18/h5-6,11,19H,3-4,9-10,12H2,1-2H3. The zero-order valence-corrected chi connectivity index (χ0v) is 12.9. The molecular weight excluding hydrogens is 280 g/mol. The van der Waals surface area contributed by atoms with Crippen molar-refractivity contribution in [1.82, 2.24) is 4.90 Å². The molecule has 0 atom stereocenters. The van der Waals surface area contributed by atoms with Gasteiger partial charge < -0.3 is 15.0 Å². The maximum absolute atomic E-state index is 12.2. The summed E-state index contributed by atoms with van der Waals surface area (Å²) >= 11 is 0. The SMILES string of the molecule is COc1ccc(C)cc1NCC(=O)N(CCC#N)CCC#N. The second kappa shape index (κ2) is 9.25.